The summed E-state index contributed by atoms with van der Waals surface area (Å²) < 4.78 is 68.3. The molecule has 0 aliphatic heterocycles. The van der Waals surface area contributed by atoms with E-state index >= 15 is 0 Å². The highest BCUT2D eigenvalue weighted by molar-refractivity contribution is 7.88. The molecule has 0 heterocycles. The maximum Gasteiger partial charge on any atom is 0.415 e. The van der Waals surface area contributed by atoms with Gasteiger partial charge in [-0.25, -0.2) is 8.42 Å². The maximum absolute atomic E-state index is 13.0. The number of sulfonamides is 1. The van der Waals surface area contributed by atoms with E-state index in [1.165, 1.54) is 20.8 Å². The largest absolute Gasteiger partial charge is 0.415 e. The molecule has 0 aromatic rings. The third-order valence-electron chi connectivity index (χ3n) is 2.81. The summed E-state index contributed by atoms with van der Waals surface area (Å²) in [7, 11) is -3.52. The van der Waals surface area contributed by atoms with Crippen LogP contribution in [0, 0.1) is 5.41 Å². The van der Waals surface area contributed by atoms with Gasteiger partial charge in [-0.05, 0) is 26.2 Å². The number of rotatable bonds is 5. The van der Waals surface area contributed by atoms with Gasteiger partial charge in [0.15, 0.2) is 6.10 Å². The summed E-state index contributed by atoms with van der Waals surface area (Å²) in [5.74, 6) is 0. The second-order valence-corrected chi connectivity index (χ2v) is 9.07. The van der Waals surface area contributed by atoms with Crippen molar-refractivity contribution < 1.29 is 26.3 Å². The number of alkyl halides is 3. The number of hydrogen-bond acceptors (Lipinski definition) is 3. The van der Waals surface area contributed by atoms with Crippen molar-refractivity contribution in [1.29, 1.82) is 0 Å². The van der Waals surface area contributed by atoms with Crippen LogP contribution in [-0.2, 0) is 14.8 Å². The third kappa shape index (κ3) is 6.97. The summed E-state index contributed by atoms with van der Waals surface area (Å²) in [5.41, 5.74) is -1.83. The lowest BCUT2D eigenvalue weighted by molar-refractivity contribution is -0.248. The number of halogens is 3. The molecule has 0 fully saturated rings. The summed E-state index contributed by atoms with van der Waals surface area (Å²) in [6, 6.07) is 0. The minimum Gasteiger partial charge on any atom is -0.367 e. The lowest BCUT2D eigenvalue weighted by Crippen LogP contribution is -2.48. The van der Waals surface area contributed by atoms with Gasteiger partial charge in [-0.3, -0.25) is 0 Å². The summed E-state index contributed by atoms with van der Waals surface area (Å²) in [4.78, 5) is 0. The Morgan fingerprint density at radius 3 is 1.71 bits per heavy atom. The van der Waals surface area contributed by atoms with Gasteiger partial charge in [-0.1, -0.05) is 20.8 Å². The van der Waals surface area contributed by atoms with E-state index in [-0.39, 0.29) is 13.2 Å². The van der Waals surface area contributed by atoms with Crippen LogP contribution in [0.25, 0.3) is 0 Å². The normalized spacial score (nSPS) is 16.3. The topological polar surface area (TPSA) is 46.6 Å². The molecule has 0 aromatic carbocycles. The lowest BCUT2D eigenvalue weighted by atomic mass is 9.88. The minimum atomic E-state index is -4.49. The van der Waals surface area contributed by atoms with Crippen LogP contribution >= 0.6 is 0 Å². The number of hydrogen-bond donors (Lipinski definition) is 0. The average molecular weight is 333 g/mol. The van der Waals surface area contributed by atoms with E-state index in [0.29, 0.717) is 0 Å². The highest BCUT2D eigenvalue weighted by Crippen LogP contribution is 2.35. The zero-order chi connectivity index (χ0) is 17.3. The Bertz CT molecular complexity index is 419. The van der Waals surface area contributed by atoms with Gasteiger partial charge in [-0.2, -0.15) is 17.5 Å². The first kappa shape index (κ1) is 20.7. The van der Waals surface area contributed by atoms with E-state index in [2.05, 4.69) is 0 Å². The van der Waals surface area contributed by atoms with Gasteiger partial charge < -0.3 is 4.74 Å². The second kappa shape index (κ2) is 6.42. The van der Waals surface area contributed by atoms with Gasteiger partial charge in [0.25, 0.3) is 0 Å². The van der Waals surface area contributed by atoms with Crippen LogP contribution in [-0.4, -0.2) is 49.9 Å². The Hall–Kier alpha value is -0.340. The Balaban J connectivity index is 4.93. The van der Waals surface area contributed by atoms with E-state index in [1.54, 1.807) is 20.8 Å². The SMILES string of the molecule is CC(C)(C)C(OCCN(C(C)(C)C)S(C)(=O)=O)C(F)(F)F. The maximum atomic E-state index is 13.0. The van der Waals surface area contributed by atoms with Gasteiger partial charge in [0.05, 0.1) is 12.9 Å². The number of ether oxygens (including phenoxy) is 1. The molecule has 0 radical (unpaired) electrons. The van der Waals surface area contributed by atoms with Gasteiger partial charge in [0.1, 0.15) is 0 Å². The fourth-order valence-corrected chi connectivity index (χ4v) is 3.49. The van der Waals surface area contributed by atoms with E-state index in [4.69, 9.17) is 4.74 Å². The molecule has 8 heteroatoms. The van der Waals surface area contributed by atoms with Crippen LogP contribution in [0.2, 0.25) is 0 Å². The molecule has 0 spiro atoms. The molecule has 128 valence electrons. The molecule has 0 aromatic heterocycles. The first-order chi connectivity index (χ1) is 8.97. The Morgan fingerprint density at radius 2 is 1.48 bits per heavy atom. The highest BCUT2D eigenvalue weighted by atomic mass is 32.2. The van der Waals surface area contributed by atoms with Crippen molar-refractivity contribution in [1.82, 2.24) is 4.31 Å². The van der Waals surface area contributed by atoms with Crippen molar-refractivity contribution in [2.75, 3.05) is 19.4 Å². The fraction of sp³-hybridized carbons (Fsp3) is 1.00. The molecular weight excluding hydrogens is 307 g/mol. The summed E-state index contributed by atoms with van der Waals surface area (Å²) in [5, 5.41) is 0. The molecule has 21 heavy (non-hydrogen) atoms. The molecule has 0 saturated carbocycles. The molecule has 0 aliphatic rings. The Morgan fingerprint density at radius 1 is 1.05 bits per heavy atom. The van der Waals surface area contributed by atoms with Crippen LogP contribution in [0.15, 0.2) is 0 Å². The van der Waals surface area contributed by atoms with Gasteiger partial charge in [0.2, 0.25) is 10.0 Å². The summed E-state index contributed by atoms with van der Waals surface area (Å²) in [6.07, 6.45) is -5.40. The van der Waals surface area contributed by atoms with Gasteiger partial charge in [-0.15, -0.1) is 0 Å². The molecule has 1 unspecified atom stereocenters. The zero-order valence-corrected chi connectivity index (χ0v) is 14.5. The van der Waals surface area contributed by atoms with Crippen LogP contribution in [0.1, 0.15) is 41.5 Å². The first-order valence-electron chi connectivity index (χ1n) is 6.63. The molecule has 0 N–H and O–H groups in total. The monoisotopic (exact) mass is 333 g/mol. The average Bonchev–Trinajstić information content (AvgIpc) is 2.07. The molecular formula is C13H26F3NO3S. The van der Waals surface area contributed by atoms with Crippen LogP contribution in [0.3, 0.4) is 0 Å². The van der Waals surface area contributed by atoms with Crippen molar-refractivity contribution in [3.8, 4) is 0 Å². The van der Waals surface area contributed by atoms with Crippen molar-refractivity contribution in [2.45, 2.75) is 59.4 Å². The fourth-order valence-electron chi connectivity index (χ4n) is 2.09. The van der Waals surface area contributed by atoms with E-state index in [9.17, 15) is 21.6 Å². The van der Waals surface area contributed by atoms with Crippen LogP contribution in [0.4, 0.5) is 13.2 Å². The predicted octanol–water partition coefficient (Wildman–Crippen LogP) is 3.04. The van der Waals surface area contributed by atoms with E-state index in [0.717, 1.165) is 10.6 Å². The van der Waals surface area contributed by atoms with E-state index < -0.39 is 33.3 Å². The third-order valence-corrected chi connectivity index (χ3v) is 4.34. The van der Waals surface area contributed by atoms with Crippen molar-refractivity contribution >= 4 is 10.0 Å². The minimum absolute atomic E-state index is 0.120. The Kier molecular flexibility index (Phi) is 6.31. The summed E-state index contributed by atoms with van der Waals surface area (Å²) in [6.45, 7) is 8.91. The Labute approximate surface area is 125 Å². The highest BCUT2D eigenvalue weighted by Gasteiger charge is 2.48. The van der Waals surface area contributed by atoms with Crippen molar-refractivity contribution in [3.05, 3.63) is 0 Å². The van der Waals surface area contributed by atoms with Crippen molar-refractivity contribution in [3.63, 3.8) is 0 Å². The molecule has 0 amide bonds. The lowest BCUT2D eigenvalue weighted by Gasteiger charge is -2.35. The smallest absolute Gasteiger partial charge is 0.367 e. The second-order valence-electron chi connectivity index (χ2n) is 7.16. The molecule has 0 rings (SSSR count). The van der Waals surface area contributed by atoms with Crippen molar-refractivity contribution in [2.24, 2.45) is 5.41 Å². The van der Waals surface area contributed by atoms with Gasteiger partial charge in [0, 0.05) is 12.1 Å². The number of nitrogens with zero attached hydrogens (tertiary/aromatic N) is 1. The van der Waals surface area contributed by atoms with Crippen LogP contribution in [0.5, 0.6) is 0 Å². The standard InChI is InChI=1S/C13H26F3NO3S/c1-11(2,3)10(13(14,15)16)20-9-8-17(12(4,5)6)21(7,18)19/h10H,8-9H2,1-7H3. The molecule has 0 saturated heterocycles. The van der Waals surface area contributed by atoms with Gasteiger partial charge >= 0.3 is 6.18 Å². The molecule has 0 aliphatic carbocycles. The van der Waals surface area contributed by atoms with Crippen LogP contribution < -0.4 is 0 Å². The quantitative estimate of drug-likeness (QED) is 0.777. The first-order valence-corrected chi connectivity index (χ1v) is 8.48. The molecule has 1 atom stereocenters. The zero-order valence-electron chi connectivity index (χ0n) is 13.7. The van der Waals surface area contributed by atoms with E-state index in [1.807, 2.05) is 0 Å². The molecule has 4 nitrogen and oxygen atoms in total. The molecule has 0 bridgehead atoms. The summed E-state index contributed by atoms with van der Waals surface area (Å²) >= 11 is 0. The predicted molar refractivity (Wildman–Crippen MR) is 76.6 cm³/mol.